The third-order valence-electron chi connectivity index (χ3n) is 5.03. The van der Waals surface area contributed by atoms with E-state index in [1.165, 1.54) is 12.1 Å². The molecule has 0 amide bonds. The molecule has 1 atom stereocenters. The molecule has 2 aromatic rings. The molecule has 1 fully saturated rings. The summed E-state index contributed by atoms with van der Waals surface area (Å²) in [6.45, 7) is -0.620. The van der Waals surface area contributed by atoms with Gasteiger partial charge in [-0.1, -0.05) is 0 Å². The van der Waals surface area contributed by atoms with Crippen LogP contribution in [0.2, 0.25) is 0 Å². The minimum Gasteiger partial charge on any atom is -0.494 e. The zero-order valence-electron chi connectivity index (χ0n) is 16.3. The van der Waals surface area contributed by atoms with Crippen LogP contribution in [0.5, 0.6) is 5.75 Å². The van der Waals surface area contributed by atoms with Gasteiger partial charge < -0.3 is 20.3 Å². The van der Waals surface area contributed by atoms with Crippen LogP contribution in [0.25, 0.3) is 0 Å². The van der Waals surface area contributed by atoms with Gasteiger partial charge in [0.2, 0.25) is 10.0 Å². The van der Waals surface area contributed by atoms with E-state index in [-0.39, 0.29) is 30.7 Å². The van der Waals surface area contributed by atoms with Gasteiger partial charge in [-0.25, -0.2) is 21.6 Å². The van der Waals surface area contributed by atoms with Crippen molar-refractivity contribution in [1.29, 1.82) is 0 Å². The van der Waals surface area contributed by atoms with E-state index in [0.717, 1.165) is 13.2 Å². The maximum atomic E-state index is 14.7. The van der Waals surface area contributed by atoms with Gasteiger partial charge in [0.15, 0.2) is 11.6 Å². The van der Waals surface area contributed by atoms with Crippen molar-refractivity contribution in [2.45, 2.75) is 30.1 Å². The van der Waals surface area contributed by atoms with Gasteiger partial charge in [-0.3, -0.25) is 4.72 Å². The molecule has 0 bridgehead atoms. The number of aliphatic hydroxyl groups is 2. The zero-order chi connectivity index (χ0) is 23.0. The van der Waals surface area contributed by atoms with Crippen LogP contribution < -0.4 is 14.8 Å². The van der Waals surface area contributed by atoms with E-state index in [1.807, 2.05) is 22.6 Å². The highest BCUT2D eigenvalue weighted by molar-refractivity contribution is 14.1. The monoisotopic (exact) mass is 572 g/mol. The highest BCUT2D eigenvalue weighted by Crippen LogP contribution is 2.49. The van der Waals surface area contributed by atoms with Crippen molar-refractivity contribution in [3.8, 4) is 5.75 Å². The fourth-order valence-electron chi connectivity index (χ4n) is 3.17. The molecule has 1 unspecified atom stereocenters. The van der Waals surface area contributed by atoms with E-state index in [0.29, 0.717) is 9.64 Å². The van der Waals surface area contributed by atoms with Crippen LogP contribution in [0.15, 0.2) is 24.3 Å². The SMILES string of the molecule is COc1cc(F)c(F)c(Nc2ccc(I)cc2F)c1NS(=O)(=O)C1(CC(O)CO)CC1. The normalized spacial score (nSPS) is 16.0. The number of hydrogen-bond donors (Lipinski definition) is 4. The van der Waals surface area contributed by atoms with E-state index >= 15 is 0 Å². The maximum absolute atomic E-state index is 14.7. The first kappa shape index (κ1) is 23.9. The Morgan fingerprint density at radius 1 is 1.19 bits per heavy atom. The van der Waals surface area contributed by atoms with Crippen LogP contribution in [0.4, 0.5) is 30.2 Å². The van der Waals surface area contributed by atoms with E-state index in [4.69, 9.17) is 9.84 Å². The molecule has 31 heavy (non-hydrogen) atoms. The van der Waals surface area contributed by atoms with Gasteiger partial charge in [-0.05, 0) is 60.1 Å². The molecular weight excluding hydrogens is 552 g/mol. The molecule has 3 rings (SSSR count). The molecule has 1 saturated carbocycles. The molecule has 0 saturated heterocycles. The summed E-state index contributed by atoms with van der Waals surface area (Å²) in [4.78, 5) is 0. The van der Waals surface area contributed by atoms with Crippen molar-refractivity contribution in [1.82, 2.24) is 0 Å². The lowest BCUT2D eigenvalue weighted by molar-refractivity contribution is 0.0858. The van der Waals surface area contributed by atoms with Crippen LogP contribution >= 0.6 is 22.6 Å². The first-order chi connectivity index (χ1) is 14.5. The molecule has 170 valence electrons. The summed E-state index contributed by atoms with van der Waals surface area (Å²) in [5.74, 6) is -3.84. The maximum Gasteiger partial charge on any atom is 0.238 e. The Bertz CT molecular complexity index is 1100. The van der Waals surface area contributed by atoms with Crippen LogP contribution in [0, 0.1) is 21.0 Å². The summed E-state index contributed by atoms with van der Waals surface area (Å²) in [5.41, 5.74) is -1.30. The third kappa shape index (κ3) is 4.86. The summed E-state index contributed by atoms with van der Waals surface area (Å²) < 4.78 is 75.7. The molecule has 0 spiro atoms. The summed E-state index contributed by atoms with van der Waals surface area (Å²) in [7, 11) is -3.08. The fourth-order valence-corrected chi connectivity index (χ4v) is 5.36. The minimum absolute atomic E-state index is 0.204. The van der Waals surface area contributed by atoms with E-state index in [1.54, 1.807) is 0 Å². The lowest BCUT2D eigenvalue weighted by atomic mass is 10.2. The van der Waals surface area contributed by atoms with E-state index in [2.05, 4.69) is 10.0 Å². The van der Waals surface area contributed by atoms with Crippen molar-refractivity contribution < 1.29 is 36.5 Å². The van der Waals surface area contributed by atoms with Gasteiger partial charge >= 0.3 is 0 Å². The average molecular weight is 572 g/mol. The Balaban J connectivity index is 2.06. The predicted molar refractivity (Wildman–Crippen MR) is 118 cm³/mol. The molecule has 4 N–H and O–H groups in total. The molecule has 0 aliphatic heterocycles. The molecule has 2 aromatic carbocycles. The Morgan fingerprint density at radius 3 is 2.42 bits per heavy atom. The second kappa shape index (κ2) is 9.00. The number of sulfonamides is 1. The highest BCUT2D eigenvalue weighted by Gasteiger charge is 2.55. The number of methoxy groups -OCH3 is 1. The smallest absolute Gasteiger partial charge is 0.238 e. The molecule has 0 heterocycles. The quantitative estimate of drug-likeness (QED) is 0.343. The van der Waals surface area contributed by atoms with Gasteiger partial charge in [0.25, 0.3) is 0 Å². The number of anilines is 3. The number of hydrogen-bond acceptors (Lipinski definition) is 6. The van der Waals surface area contributed by atoms with Crippen molar-refractivity contribution in [3.63, 3.8) is 0 Å². The van der Waals surface area contributed by atoms with Gasteiger partial charge in [-0.2, -0.15) is 0 Å². The summed E-state index contributed by atoms with van der Waals surface area (Å²) in [5, 5.41) is 21.2. The van der Waals surface area contributed by atoms with Crippen LogP contribution in [0.1, 0.15) is 19.3 Å². The Labute approximate surface area is 190 Å². The average Bonchev–Trinajstić information content (AvgIpc) is 3.50. The Kier molecular flexibility index (Phi) is 6.93. The number of aliphatic hydroxyl groups excluding tert-OH is 2. The zero-order valence-corrected chi connectivity index (χ0v) is 19.2. The topological polar surface area (TPSA) is 108 Å². The van der Waals surface area contributed by atoms with Gasteiger partial charge in [0, 0.05) is 9.64 Å². The minimum atomic E-state index is -4.23. The Hall–Kier alpha value is -1.77. The van der Waals surface area contributed by atoms with Crippen molar-refractivity contribution in [2.24, 2.45) is 0 Å². The second-order valence-corrected chi connectivity index (χ2v) is 10.5. The molecule has 1 aliphatic carbocycles. The van der Waals surface area contributed by atoms with Crippen LogP contribution in [-0.4, -0.2) is 43.2 Å². The molecule has 7 nitrogen and oxygen atoms in total. The molecule has 0 radical (unpaired) electrons. The second-order valence-electron chi connectivity index (χ2n) is 7.20. The van der Waals surface area contributed by atoms with Crippen LogP contribution in [-0.2, 0) is 10.0 Å². The number of rotatable bonds is 9. The number of nitrogens with one attached hydrogen (secondary N) is 2. The number of benzene rings is 2. The third-order valence-corrected chi connectivity index (χ3v) is 7.89. The molecule has 12 heteroatoms. The summed E-state index contributed by atoms with van der Waals surface area (Å²) in [6, 6.07) is 4.66. The summed E-state index contributed by atoms with van der Waals surface area (Å²) in [6.07, 6.45) is -1.08. The summed E-state index contributed by atoms with van der Waals surface area (Å²) >= 11 is 1.88. The predicted octanol–water partition coefficient (Wildman–Crippen LogP) is 3.48. The lowest BCUT2D eigenvalue weighted by Gasteiger charge is -2.23. The van der Waals surface area contributed by atoms with Crippen molar-refractivity contribution in [3.05, 3.63) is 45.3 Å². The molecule has 0 aromatic heterocycles. The first-order valence-electron chi connectivity index (χ1n) is 9.13. The van der Waals surface area contributed by atoms with E-state index < -0.39 is 56.3 Å². The Morgan fingerprint density at radius 2 is 1.87 bits per heavy atom. The lowest BCUT2D eigenvalue weighted by Crippen LogP contribution is -2.34. The van der Waals surface area contributed by atoms with Gasteiger partial charge in [-0.15, -0.1) is 0 Å². The van der Waals surface area contributed by atoms with E-state index in [9.17, 15) is 26.7 Å². The number of ether oxygens (including phenoxy) is 1. The molecular formula is C19H20F3IN2O5S. The highest BCUT2D eigenvalue weighted by atomic mass is 127. The fraction of sp³-hybridized carbons (Fsp3) is 0.368. The van der Waals surface area contributed by atoms with Crippen molar-refractivity contribution in [2.75, 3.05) is 23.8 Å². The molecule has 1 aliphatic rings. The largest absolute Gasteiger partial charge is 0.494 e. The first-order valence-corrected chi connectivity index (χ1v) is 11.7. The van der Waals surface area contributed by atoms with Gasteiger partial charge in [0.05, 0.1) is 30.3 Å². The van der Waals surface area contributed by atoms with Gasteiger partial charge in [0.1, 0.15) is 22.9 Å². The number of halogens is 4. The standard InChI is InChI=1S/C19H20F3IN2O5S/c1-30-15-7-13(21)16(22)18(24-14-3-2-10(23)6-12(14)20)17(15)25-31(28,29)19(4-5-19)8-11(27)9-26/h2-3,6-7,11,24-27H,4-5,8-9H2,1H3. The van der Waals surface area contributed by atoms with Crippen LogP contribution in [0.3, 0.4) is 0 Å². The van der Waals surface area contributed by atoms with Crippen molar-refractivity contribution >= 4 is 49.7 Å².